The average molecular weight is 218 g/mol. The monoisotopic (exact) mass is 217 g/mol. The van der Waals surface area contributed by atoms with Crippen LogP contribution in [0, 0.1) is 0 Å². The van der Waals surface area contributed by atoms with Crippen molar-refractivity contribution in [3.63, 3.8) is 0 Å². The molecule has 0 unspecified atom stereocenters. The van der Waals surface area contributed by atoms with E-state index in [0.717, 1.165) is 0 Å². The SMILES string of the molecule is O=C(O)C(Br)=Cn1ccnn1. The Balaban J connectivity index is 2.82. The van der Waals surface area contributed by atoms with Gasteiger partial charge in [-0.25, -0.2) is 9.48 Å². The van der Waals surface area contributed by atoms with Crippen LogP contribution in [-0.4, -0.2) is 26.1 Å². The molecule has 0 atom stereocenters. The van der Waals surface area contributed by atoms with Gasteiger partial charge in [-0.3, -0.25) is 0 Å². The molecule has 1 rings (SSSR count). The van der Waals surface area contributed by atoms with Crippen molar-refractivity contribution in [2.75, 3.05) is 0 Å². The molecule has 5 nitrogen and oxygen atoms in total. The lowest BCUT2D eigenvalue weighted by molar-refractivity contribution is -0.131. The molecule has 0 aliphatic heterocycles. The highest BCUT2D eigenvalue weighted by Crippen LogP contribution is 2.05. The lowest BCUT2D eigenvalue weighted by Gasteiger charge is -1.89. The van der Waals surface area contributed by atoms with Crippen molar-refractivity contribution in [3.8, 4) is 0 Å². The van der Waals surface area contributed by atoms with Crippen LogP contribution < -0.4 is 0 Å². The van der Waals surface area contributed by atoms with Gasteiger partial charge in [-0.2, -0.15) is 0 Å². The predicted molar refractivity (Wildman–Crippen MR) is 40.9 cm³/mol. The van der Waals surface area contributed by atoms with Crippen molar-refractivity contribution in [3.05, 3.63) is 16.9 Å². The van der Waals surface area contributed by atoms with Gasteiger partial charge in [-0.15, -0.1) is 5.10 Å². The molecule has 0 bridgehead atoms. The maximum absolute atomic E-state index is 10.2. The van der Waals surface area contributed by atoms with Gasteiger partial charge in [0.1, 0.15) is 4.48 Å². The fourth-order valence-electron chi connectivity index (χ4n) is 0.458. The van der Waals surface area contributed by atoms with Crippen molar-refractivity contribution < 1.29 is 9.90 Å². The Kier molecular flexibility index (Phi) is 2.37. The molecule has 0 radical (unpaired) electrons. The minimum atomic E-state index is -1.04. The first-order chi connectivity index (χ1) is 5.20. The van der Waals surface area contributed by atoms with E-state index in [4.69, 9.17) is 5.11 Å². The fourth-order valence-corrected chi connectivity index (χ4v) is 0.667. The third kappa shape index (κ3) is 2.15. The van der Waals surface area contributed by atoms with Gasteiger partial charge >= 0.3 is 5.97 Å². The first-order valence-corrected chi connectivity index (χ1v) is 3.46. The summed E-state index contributed by atoms with van der Waals surface area (Å²) in [5.41, 5.74) is 0. The van der Waals surface area contributed by atoms with Crippen LogP contribution in [0.5, 0.6) is 0 Å². The van der Waals surface area contributed by atoms with Crippen LogP contribution >= 0.6 is 15.9 Å². The Labute approximate surface area is 70.5 Å². The molecule has 0 aliphatic rings. The molecule has 6 heteroatoms. The summed E-state index contributed by atoms with van der Waals surface area (Å²) in [5, 5.41) is 15.4. The van der Waals surface area contributed by atoms with Gasteiger partial charge in [0, 0.05) is 0 Å². The lowest BCUT2D eigenvalue weighted by Crippen LogP contribution is -1.96. The third-order valence-corrected chi connectivity index (χ3v) is 1.43. The predicted octanol–water partition coefficient (Wildman–Crippen LogP) is 0.556. The fraction of sp³-hybridized carbons (Fsp3) is 0. The van der Waals surface area contributed by atoms with E-state index in [9.17, 15) is 4.79 Å². The zero-order chi connectivity index (χ0) is 8.27. The Morgan fingerprint density at radius 2 is 2.45 bits per heavy atom. The molecule has 0 aliphatic carbocycles. The van der Waals surface area contributed by atoms with Gasteiger partial charge in [-0.05, 0) is 15.9 Å². The zero-order valence-electron chi connectivity index (χ0n) is 5.31. The molecule has 1 aromatic rings. The smallest absolute Gasteiger partial charge is 0.344 e. The number of aromatic nitrogens is 3. The van der Waals surface area contributed by atoms with Gasteiger partial charge in [0.2, 0.25) is 0 Å². The lowest BCUT2D eigenvalue weighted by atomic mass is 10.6. The molecular formula is C5H4BrN3O2. The first kappa shape index (κ1) is 7.93. The summed E-state index contributed by atoms with van der Waals surface area (Å²) in [5.74, 6) is -1.04. The number of carbonyl (C=O) groups is 1. The van der Waals surface area contributed by atoms with Crippen LogP contribution in [0.3, 0.4) is 0 Å². The van der Waals surface area contributed by atoms with Gasteiger partial charge in [0.05, 0.1) is 18.6 Å². The van der Waals surface area contributed by atoms with Crippen LogP contribution in [0.4, 0.5) is 0 Å². The summed E-state index contributed by atoms with van der Waals surface area (Å²) in [7, 11) is 0. The molecule has 1 heterocycles. The number of aliphatic carboxylic acids is 1. The van der Waals surface area contributed by atoms with Crippen molar-refractivity contribution in [2.24, 2.45) is 0 Å². The van der Waals surface area contributed by atoms with Gasteiger partial charge in [0.15, 0.2) is 0 Å². The summed E-state index contributed by atoms with van der Waals surface area (Å²) in [6, 6.07) is 0. The highest BCUT2D eigenvalue weighted by atomic mass is 79.9. The second-order valence-electron chi connectivity index (χ2n) is 1.67. The summed E-state index contributed by atoms with van der Waals surface area (Å²) in [6.45, 7) is 0. The summed E-state index contributed by atoms with van der Waals surface area (Å²) in [4.78, 5) is 10.2. The first-order valence-electron chi connectivity index (χ1n) is 2.66. The average Bonchev–Trinajstić information content (AvgIpc) is 2.39. The van der Waals surface area contributed by atoms with Crippen molar-refractivity contribution >= 4 is 28.1 Å². The number of rotatable bonds is 2. The van der Waals surface area contributed by atoms with E-state index in [1.165, 1.54) is 23.3 Å². The second kappa shape index (κ2) is 3.29. The zero-order valence-corrected chi connectivity index (χ0v) is 6.89. The topological polar surface area (TPSA) is 68.0 Å². The normalized spacial score (nSPS) is 11.5. The molecule has 0 spiro atoms. The number of nitrogens with zero attached hydrogens (tertiary/aromatic N) is 3. The largest absolute Gasteiger partial charge is 0.477 e. The van der Waals surface area contributed by atoms with Gasteiger partial charge in [-0.1, -0.05) is 5.21 Å². The molecule has 1 aromatic heterocycles. The van der Waals surface area contributed by atoms with E-state index in [2.05, 4.69) is 26.2 Å². The standard InChI is InChI=1S/C5H4BrN3O2/c6-4(5(10)11)3-9-2-1-7-8-9/h1-3H,(H,10,11). The Bertz CT molecular complexity index is 280. The van der Waals surface area contributed by atoms with E-state index in [0.29, 0.717) is 0 Å². The van der Waals surface area contributed by atoms with Crippen molar-refractivity contribution in [1.29, 1.82) is 0 Å². The van der Waals surface area contributed by atoms with Gasteiger partial charge < -0.3 is 5.11 Å². The Morgan fingerprint density at radius 3 is 2.91 bits per heavy atom. The number of carboxylic acid groups (broad SMARTS) is 1. The highest BCUT2D eigenvalue weighted by Gasteiger charge is 2.01. The van der Waals surface area contributed by atoms with Crippen LogP contribution in [0.15, 0.2) is 16.9 Å². The number of halogens is 1. The number of carboxylic acids is 1. The summed E-state index contributed by atoms with van der Waals surface area (Å²) < 4.78 is 1.32. The van der Waals surface area contributed by atoms with Crippen LogP contribution in [0.25, 0.3) is 6.20 Å². The van der Waals surface area contributed by atoms with Crippen LogP contribution in [0.2, 0.25) is 0 Å². The Hall–Kier alpha value is -1.17. The molecular weight excluding hydrogens is 214 g/mol. The van der Waals surface area contributed by atoms with Crippen molar-refractivity contribution in [2.45, 2.75) is 0 Å². The van der Waals surface area contributed by atoms with E-state index >= 15 is 0 Å². The minimum Gasteiger partial charge on any atom is -0.477 e. The van der Waals surface area contributed by atoms with Crippen LogP contribution in [-0.2, 0) is 4.79 Å². The highest BCUT2D eigenvalue weighted by molar-refractivity contribution is 9.12. The van der Waals surface area contributed by atoms with Crippen molar-refractivity contribution in [1.82, 2.24) is 15.0 Å². The van der Waals surface area contributed by atoms with Crippen LogP contribution in [0.1, 0.15) is 0 Å². The van der Waals surface area contributed by atoms with Gasteiger partial charge in [0.25, 0.3) is 0 Å². The maximum Gasteiger partial charge on any atom is 0.344 e. The molecule has 0 saturated heterocycles. The molecule has 0 fully saturated rings. The Morgan fingerprint density at radius 1 is 1.73 bits per heavy atom. The van der Waals surface area contributed by atoms with E-state index in [1.54, 1.807) is 0 Å². The maximum atomic E-state index is 10.2. The molecule has 0 aromatic carbocycles. The molecule has 11 heavy (non-hydrogen) atoms. The summed E-state index contributed by atoms with van der Waals surface area (Å²) in [6.07, 6.45) is 4.29. The molecule has 58 valence electrons. The minimum absolute atomic E-state index is 0.0306. The second-order valence-corrected chi connectivity index (χ2v) is 2.52. The number of hydrogen-bond donors (Lipinski definition) is 1. The quantitative estimate of drug-likeness (QED) is 0.736. The molecule has 0 amide bonds. The van der Waals surface area contributed by atoms with E-state index in [-0.39, 0.29) is 4.48 Å². The molecule has 1 N–H and O–H groups in total. The summed E-state index contributed by atoms with van der Waals surface area (Å²) >= 11 is 2.84. The molecule has 0 saturated carbocycles. The van der Waals surface area contributed by atoms with E-state index < -0.39 is 5.97 Å². The number of hydrogen-bond acceptors (Lipinski definition) is 3. The third-order valence-electron chi connectivity index (χ3n) is 0.891. The van der Waals surface area contributed by atoms with E-state index in [1.807, 2.05) is 0 Å².